The second kappa shape index (κ2) is 2.23. The summed E-state index contributed by atoms with van der Waals surface area (Å²) in [5, 5.41) is 11.8. The Balaban J connectivity index is 2.83. The molecule has 2 heteroatoms. The van der Waals surface area contributed by atoms with Crippen molar-refractivity contribution in [3.63, 3.8) is 0 Å². The summed E-state index contributed by atoms with van der Waals surface area (Å²) in [6.45, 7) is 0. The monoisotopic (exact) mass is 144 g/mol. The minimum Gasteiger partial charge on any atom is -0.859 e. The minimum atomic E-state index is -0.177. The van der Waals surface area contributed by atoms with Crippen LogP contribution in [0, 0.1) is 0 Å². The van der Waals surface area contributed by atoms with Gasteiger partial charge >= 0.3 is 0 Å². The van der Waals surface area contributed by atoms with Gasteiger partial charge in [0.15, 0.2) is 0 Å². The van der Waals surface area contributed by atoms with E-state index in [1.807, 2.05) is 24.3 Å². The van der Waals surface area contributed by atoms with E-state index in [1.54, 1.807) is 6.07 Å². The summed E-state index contributed by atoms with van der Waals surface area (Å²) in [6.07, 6.45) is 0. The third-order valence-corrected chi connectivity index (χ3v) is 1.57. The van der Waals surface area contributed by atoms with Crippen molar-refractivity contribution in [2.75, 3.05) is 0 Å². The Morgan fingerprint density at radius 1 is 1.00 bits per heavy atom. The van der Waals surface area contributed by atoms with Crippen LogP contribution in [0.3, 0.4) is 0 Å². The molecule has 2 aromatic rings. The number of benzene rings is 1. The van der Waals surface area contributed by atoms with Crippen LogP contribution in [0.25, 0.3) is 10.9 Å². The lowest BCUT2D eigenvalue weighted by Gasteiger charge is -2.03. The van der Waals surface area contributed by atoms with E-state index >= 15 is 0 Å². The number of hydrogen-bond donors (Lipinski definition) is 0. The maximum atomic E-state index is 10.8. The van der Waals surface area contributed by atoms with Crippen molar-refractivity contribution in [1.29, 1.82) is 0 Å². The normalized spacial score (nSPS) is 10.2. The lowest BCUT2D eigenvalue weighted by atomic mass is 10.2. The zero-order valence-electron chi connectivity index (χ0n) is 5.82. The molecule has 2 nitrogen and oxygen atoms in total. The van der Waals surface area contributed by atoms with Crippen LogP contribution in [-0.2, 0) is 0 Å². The molecule has 0 atom stereocenters. The topological polar surface area (TPSA) is 36.0 Å². The maximum Gasteiger partial charge on any atom is 0.0694 e. The third-order valence-electron chi connectivity index (χ3n) is 1.57. The van der Waals surface area contributed by atoms with Crippen LogP contribution in [0.1, 0.15) is 0 Å². The molecule has 1 aromatic heterocycles. The summed E-state index contributed by atoms with van der Waals surface area (Å²) in [5.41, 5.74) is 0.764. The molecule has 0 saturated carbocycles. The van der Waals surface area contributed by atoms with Crippen LogP contribution in [-0.4, -0.2) is 4.98 Å². The zero-order valence-corrected chi connectivity index (χ0v) is 5.82. The van der Waals surface area contributed by atoms with Gasteiger partial charge in [0.1, 0.15) is 0 Å². The van der Waals surface area contributed by atoms with Crippen molar-refractivity contribution in [3.05, 3.63) is 36.4 Å². The van der Waals surface area contributed by atoms with Crippen molar-refractivity contribution >= 4 is 10.9 Å². The summed E-state index contributed by atoms with van der Waals surface area (Å²) < 4.78 is 0. The van der Waals surface area contributed by atoms with Crippen LogP contribution in [0.5, 0.6) is 5.88 Å². The lowest BCUT2D eigenvalue weighted by molar-refractivity contribution is -0.274. The highest BCUT2D eigenvalue weighted by Gasteiger charge is 1.88. The minimum absolute atomic E-state index is 0.177. The third kappa shape index (κ3) is 1.03. The molecule has 0 fully saturated rings. The van der Waals surface area contributed by atoms with Crippen LogP contribution in [0.15, 0.2) is 36.4 Å². The predicted molar refractivity (Wildman–Crippen MR) is 41.2 cm³/mol. The molecule has 0 saturated heterocycles. The highest BCUT2D eigenvalue weighted by atomic mass is 16.3. The number of aromatic nitrogens is 1. The van der Waals surface area contributed by atoms with Crippen molar-refractivity contribution in [2.45, 2.75) is 0 Å². The van der Waals surface area contributed by atoms with Gasteiger partial charge in [0.2, 0.25) is 0 Å². The fraction of sp³-hybridized carbons (Fsp3) is 0. The Labute approximate surface area is 64.1 Å². The number of rotatable bonds is 0. The van der Waals surface area contributed by atoms with E-state index in [2.05, 4.69) is 4.98 Å². The van der Waals surface area contributed by atoms with Crippen LogP contribution in [0.4, 0.5) is 0 Å². The molecule has 0 unspecified atom stereocenters. The highest BCUT2D eigenvalue weighted by Crippen LogP contribution is 2.12. The molecule has 11 heavy (non-hydrogen) atoms. The van der Waals surface area contributed by atoms with Gasteiger partial charge < -0.3 is 5.11 Å². The van der Waals surface area contributed by atoms with Gasteiger partial charge in [-0.25, -0.2) is 0 Å². The van der Waals surface area contributed by atoms with E-state index in [0.717, 1.165) is 10.9 Å². The van der Waals surface area contributed by atoms with Crippen molar-refractivity contribution < 1.29 is 5.11 Å². The first kappa shape index (κ1) is 6.16. The molecule has 0 amide bonds. The Morgan fingerprint density at radius 3 is 2.73 bits per heavy atom. The Kier molecular flexibility index (Phi) is 1.25. The summed E-state index contributed by atoms with van der Waals surface area (Å²) in [7, 11) is 0. The van der Waals surface area contributed by atoms with E-state index in [-0.39, 0.29) is 5.88 Å². The lowest BCUT2D eigenvalue weighted by Crippen LogP contribution is -1.92. The second-order valence-corrected chi connectivity index (χ2v) is 2.34. The Hall–Kier alpha value is -1.57. The van der Waals surface area contributed by atoms with Gasteiger partial charge in [-0.3, -0.25) is 4.98 Å². The van der Waals surface area contributed by atoms with Gasteiger partial charge in [-0.05, 0) is 11.9 Å². The van der Waals surface area contributed by atoms with Crippen molar-refractivity contribution in [1.82, 2.24) is 4.98 Å². The van der Waals surface area contributed by atoms with Gasteiger partial charge in [0.05, 0.1) is 5.52 Å². The average molecular weight is 144 g/mol. The molecular formula is C9H6NO-. The maximum absolute atomic E-state index is 10.8. The number of hydrogen-bond acceptors (Lipinski definition) is 2. The van der Waals surface area contributed by atoms with E-state index in [1.165, 1.54) is 6.07 Å². The van der Waals surface area contributed by atoms with Gasteiger partial charge in [-0.1, -0.05) is 30.3 Å². The Bertz CT molecular complexity index is 384. The zero-order chi connectivity index (χ0) is 7.68. The number of pyridine rings is 1. The first-order valence-corrected chi connectivity index (χ1v) is 3.39. The molecule has 0 N–H and O–H groups in total. The SMILES string of the molecule is [O-]c1ccc2ccccc2n1. The van der Waals surface area contributed by atoms with Crippen LogP contribution < -0.4 is 5.11 Å². The number of para-hydroxylation sites is 1. The van der Waals surface area contributed by atoms with Crippen molar-refractivity contribution in [3.8, 4) is 5.88 Å². The molecule has 0 aliphatic rings. The summed E-state index contributed by atoms with van der Waals surface area (Å²) in [5.74, 6) is -0.177. The van der Waals surface area contributed by atoms with Gasteiger partial charge in [0.25, 0.3) is 0 Å². The quantitative estimate of drug-likeness (QED) is 0.558. The molecule has 0 aliphatic carbocycles. The summed E-state index contributed by atoms with van der Waals surface area (Å²) in [4.78, 5) is 3.82. The summed E-state index contributed by atoms with van der Waals surface area (Å²) >= 11 is 0. The number of nitrogens with zero attached hydrogens (tertiary/aromatic N) is 1. The molecule has 1 heterocycles. The fourth-order valence-corrected chi connectivity index (χ4v) is 1.05. The van der Waals surface area contributed by atoms with Gasteiger partial charge in [0, 0.05) is 5.39 Å². The largest absolute Gasteiger partial charge is 0.859 e. The van der Waals surface area contributed by atoms with E-state index in [4.69, 9.17) is 0 Å². The molecule has 0 spiro atoms. The van der Waals surface area contributed by atoms with Gasteiger partial charge in [-0.2, -0.15) is 0 Å². The van der Waals surface area contributed by atoms with Crippen LogP contribution in [0.2, 0.25) is 0 Å². The molecule has 54 valence electrons. The molecule has 0 bridgehead atoms. The first-order chi connectivity index (χ1) is 5.36. The highest BCUT2D eigenvalue weighted by molar-refractivity contribution is 5.78. The molecule has 0 aliphatic heterocycles. The second-order valence-electron chi connectivity index (χ2n) is 2.34. The number of fused-ring (bicyclic) bond motifs is 1. The molecule has 2 rings (SSSR count). The average Bonchev–Trinajstić information content (AvgIpc) is 2.04. The van der Waals surface area contributed by atoms with E-state index < -0.39 is 0 Å². The van der Waals surface area contributed by atoms with Gasteiger partial charge in [-0.15, -0.1) is 0 Å². The smallest absolute Gasteiger partial charge is 0.0694 e. The first-order valence-electron chi connectivity index (χ1n) is 3.39. The van der Waals surface area contributed by atoms with E-state index in [0.29, 0.717) is 0 Å². The Morgan fingerprint density at radius 2 is 1.82 bits per heavy atom. The molecule has 1 aromatic carbocycles. The van der Waals surface area contributed by atoms with Crippen molar-refractivity contribution in [2.24, 2.45) is 0 Å². The summed E-state index contributed by atoms with van der Waals surface area (Å²) in [6, 6.07) is 10.8. The predicted octanol–water partition coefficient (Wildman–Crippen LogP) is 1.31. The molecular weight excluding hydrogens is 138 g/mol. The van der Waals surface area contributed by atoms with Crippen LogP contribution >= 0.6 is 0 Å². The standard InChI is InChI=1S/C9H7NO/c11-9-6-5-7-3-1-2-4-8(7)10-9/h1-6H,(H,10,11)/p-1. The fourth-order valence-electron chi connectivity index (χ4n) is 1.05. The molecule has 0 radical (unpaired) electrons. The van der Waals surface area contributed by atoms with E-state index in [9.17, 15) is 5.11 Å².